The highest BCUT2D eigenvalue weighted by Gasteiger charge is 2.19. The molecule has 6 heteroatoms. The van der Waals surface area contributed by atoms with Crippen molar-refractivity contribution >= 4 is 23.2 Å². The molecule has 0 aliphatic rings. The molecule has 1 N–H and O–H groups in total. The standard InChI is InChI=1S/C19H22ClFN2O2/c1-4-25-16-8-5-14(6-9-16)12-23(3)13(2)19(24)22-18-10-7-15(21)11-17(18)20/h5-11,13H,4,12H2,1-3H3,(H,22,24)/t13-/m1/s1. The molecule has 0 spiro atoms. The van der Waals surface area contributed by atoms with Crippen LogP contribution in [0, 0.1) is 5.82 Å². The van der Waals surface area contributed by atoms with Crippen LogP contribution in [0.15, 0.2) is 42.5 Å². The fourth-order valence-electron chi connectivity index (χ4n) is 2.31. The first-order valence-electron chi connectivity index (χ1n) is 8.08. The molecule has 4 nitrogen and oxygen atoms in total. The number of carbonyl (C=O) groups excluding carboxylic acids is 1. The Morgan fingerprint density at radius 2 is 1.96 bits per heavy atom. The van der Waals surface area contributed by atoms with Crippen LogP contribution >= 0.6 is 11.6 Å². The average molecular weight is 365 g/mol. The van der Waals surface area contributed by atoms with Crippen molar-refractivity contribution in [1.29, 1.82) is 0 Å². The van der Waals surface area contributed by atoms with Crippen molar-refractivity contribution in [2.24, 2.45) is 0 Å². The molecule has 2 aromatic rings. The van der Waals surface area contributed by atoms with Gasteiger partial charge in [0.05, 0.1) is 23.4 Å². The Balaban J connectivity index is 1.96. The van der Waals surface area contributed by atoms with Crippen LogP contribution in [0.1, 0.15) is 19.4 Å². The summed E-state index contributed by atoms with van der Waals surface area (Å²) in [6, 6.07) is 11.3. The van der Waals surface area contributed by atoms with E-state index in [2.05, 4.69) is 5.32 Å². The zero-order valence-corrected chi connectivity index (χ0v) is 15.3. The molecule has 0 aliphatic heterocycles. The normalized spacial score (nSPS) is 12.1. The van der Waals surface area contributed by atoms with Crippen LogP contribution in [0.25, 0.3) is 0 Å². The number of amides is 1. The molecule has 0 fully saturated rings. The van der Waals surface area contributed by atoms with Gasteiger partial charge in [-0.25, -0.2) is 4.39 Å². The number of likely N-dealkylation sites (N-methyl/N-ethyl adjacent to an activating group) is 1. The molecule has 2 rings (SSSR count). The van der Waals surface area contributed by atoms with E-state index in [9.17, 15) is 9.18 Å². The number of anilines is 1. The fraction of sp³-hybridized carbons (Fsp3) is 0.316. The van der Waals surface area contributed by atoms with Gasteiger partial charge in [0.15, 0.2) is 0 Å². The third-order valence-electron chi connectivity index (χ3n) is 3.90. The second-order valence-corrected chi connectivity index (χ2v) is 6.19. The van der Waals surface area contributed by atoms with Gasteiger partial charge in [-0.2, -0.15) is 0 Å². The first-order valence-corrected chi connectivity index (χ1v) is 8.46. The van der Waals surface area contributed by atoms with Crippen LogP contribution in [0.5, 0.6) is 5.75 Å². The van der Waals surface area contributed by atoms with Crippen LogP contribution in [-0.2, 0) is 11.3 Å². The summed E-state index contributed by atoms with van der Waals surface area (Å²) in [7, 11) is 1.87. The van der Waals surface area contributed by atoms with E-state index < -0.39 is 5.82 Å². The molecule has 0 bridgehead atoms. The fourth-order valence-corrected chi connectivity index (χ4v) is 2.53. The van der Waals surface area contributed by atoms with Crippen LogP contribution in [-0.4, -0.2) is 30.5 Å². The quantitative estimate of drug-likeness (QED) is 0.794. The summed E-state index contributed by atoms with van der Waals surface area (Å²) in [5.41, 5.74) is 1.47. The number of hydrogen-bond donors (Lipinski definition) is 1. The minimum absolute atomic E-state index is 0.176. The van der Waals surface area contributed by atoms with Gasteiger partial charge in [-0.15, -0.1) is 0 Å². The lowest BCUT2D eigenvalue weighted by atomic mass is 10.1. The van der Waals surface area contributed by atoms with Gasteiger partial charge in [-0.3, -0.25) is 9.69 Å². The molecule has 0 heterocycles. The van der Waals surface area contributed by atoms with Crippen LogP contribution < -0.4 is 10.1 Å². The molecule has 1 amide bonds. The van der Waals surface area contributed by atoms with Gasteiger partial charge >= 0.3 is 0 Å². The second kappa shape index (κ2) is 8.83. The first kappa shape index (κ1) is 19.2. The average Bonchev–Trinajstić information content (AvgIpc) is 2.58. The van der Waals surface area contributed by atoms with Crippen LogP contribution in [0.2, 0.25) is 5.02 Å². The van der Waals surface area contributed by atoms with Gasteiger partial charge in [0.25, 0.3) is 0 Å². The number of nitrogens with one attached hydrogen (secondary N) is 1. The predicted octanol–water partition coefficient (Wildman–Crippen LogP) is 4.34. The van der Waals surface area contributed by atoms with E-state index in [1.54, 1.807) is 6.92 Å². The Bertz CT molecular complexity index is 722. The Labute approximate surface area is 152 Å². The molecule has 0 saturated heterocycles. The number of nitrogens with zero attached hydrogens (tertiary/aromatic N) is 1. The molecule has 0 radical (unpaired) electrons. The molecule has 0 aliphatic carbocycles. The van der Waals surface area contributed by atoms with Crippen molar-refractivity contribution in [3.05, 3.63) is 58.9 Å². The zero-order valence-electron chi connectivity index (χ0n) is 14.6. The van der Waals surface area contributed by atoms with Crippen molar-refractivity contribution in [3.63, 3.8) is 0 Å². The maximum Gasteiger partial charge on any atom is 0.241 e. The third kappa shape index (κ3) is 5.44. The van der Waals surface area contributed by atoms with E-state index in [4.69, 9.17) is 16.3 Å². The van der Waals surface area contributed by atoms with Crippen LogP contribution in [0.4, 0.5) is 10.1 Å². The van der Waals surface area contributed by atoms with E-state index in [1.165, 1.54) is 18.2 Å². The number of halogens is 2. The number of hydrogen-bond acceptors (Lipinski definition) is 3. The van der Waals surface area contributed by atoms with Gasteiger partial charge < -0.3 is 10.1 Å². The summed E-state index contributed by atoms with van der Waals surface area (Å²) in [4.78, 5) is 14.3. The first-order chi connectivity index (χ1) is 11.9. The molecular weight excluding hydrogens is 343 g/mol. The smallest absolute Gasteiger partial charge is 0.241 e. The summed E-state index contributed by atoms with van der Waals surface area (Å²) < 4.78 is 18.5. The highest BCUT2D eigenvalue weighted by atomic mass is 35.5. The summed E-state index contributed by atoms with van der Waals surface area (Å²) in [6.07, 6.45) is 0. The molecule has 134 valence electrons. The van der Waals surface area contributed by atoms with Gasteiger partial charge in [0.1, 0.15) is 11.6 Å². The summed E-state index contributed by atoms with van der Waals surface area (Å²) in [5, 5.41) is 2.91. The monoisotopic (exact) mass is 364 g/mol. The maximum atomic E-state index is 13.1. The van der Waals surface area contributed by atoms with Crippen molar-refractivity contribution in [1.82, 2.24) is 4.90 Å². The van der Waals surface area contributed by atoms with Crippen molar-refractivity contribution in [2.45, 2.75) is 26.4 Å². The van der Waals surface area contributed by atoms with E-state index >= 15 is 0 Å². The lowest BCUT2D eigenvalue weighted by Crippen LogP contribution is -2.39. The summed E-state index contributed by atoms with van der Waals surface area (Å²) in [5.74, 6) is 0.177. The minimum Gasteiger partial charge on any atom is -0.494 e. The molecule has 0 aromatic heterocycles. The Morgan fingerprint density at radius 1 is 1.28 bits per heavy atom. The number of carbonyl (C=O) groups is 1. The van der Waals surface area contributed by atoms with E-state index in [0.29, 0.717) is 18.8 Å². The minimum atomic E-state index is -0.441. The molecular formula is C19H22ClFN2O2. The lowest BCUT2D eigenvalue weighted by Gasteiger charge is -2.24. The highest BCUT2D eigenvalue weighted by Crippen LogP contribution is 2.23. The Kier molecular flexibility index (Phi) is 6.79. The number of rotatable bonds is 7. The summed E-state index contributed by atoms with van der Waals surface area (Å²) in [6.45, 7) is 4.98. The molecule has 1 atom stereocenters. The van der Waals surface area contributed by atoms with Crippen molar-refractivity contribution in [3.8, 4) is 5.75 Å². The van der Waals surface area contributed by atoms with Gasteiger partial charge in [-0.05, 0) is 56.8 Å². The highest BCUT2D eigenvalue weighted by molar-refractivity contribution is 6.33. The second-order valence-electron chi connectivity index (χ2n) is 5.78. The largest absolute Gasteiger partial charge is 0.494 e. The molecule has 0 unspecified atom stereocenters. The number of benzene rings is 2. The van der Waals surface area contributed by atoms with Crippen molar-refractivity contribution in [2.75, 3.05) is 19.0 Å². The predicted molar refractivity (Wildman–Crippen MR) is 98.6 cm³/mol. The van der Waals surface area contributed by atoms with Gasteiger partial charge in [0.2, 0.25) is 5.91 Å². The topological polar surface area (TPSA) is 41.6 Å². The zero-order chi connectivity index (χ0) is 18.4. The lowest BCUT2D eigenvalue weighted by molar-refractivity contribution is -0.120. The van der Waals surface area contributed by atoms with Crippen LogP contribution in [0.3, 0.4) is 0 Å². The number of ether oxygens (including phenoxy) is 1. The maximum absolute atomic E-state index is 13.1. The molecule has 25 heavy (non-hydrogen) atoms. The van der Waals surface area contributed by atoms with Gasteiger partial charge in [-0.1, -0.05) is 23.7 Å². The van der Waals surface area contributed by atoms with Gasteiger partial charge in [0, 0.05) is 6.54 Å². The SMILES string of the molecule is CCOc1ccc(CN(C)[C@H](C)C(=O)Nc2ccc(F)cc2Cl)cc1. The molecule has 0 saturated carbocycles. The van der Waals surface area contributed by atoms with E-state index in [1.807, 2.05) is 43.1 Å². The van der Waals surface area contributed by atoms with E-state index in [-0.39, 0.29) is 17.0 Å². The molecule has 2 aromatic carbocycles. The Hall–Kier alpha value is -2.11. The van der Waals surface area contributed by atoms with E-state index in [0.717, 1.165) is 11.3 Å². The van der Waals surface area contributed by atoms with Crippen molar-refractivity contribution < 1.29 is 13.9 Å². The Morgan fingerprint density at radius 3 is 2.56 bits per heavy atom. The third-order valence-corrected chi connectivity index (χ3v) is 4.21. The summed E-state index contributed by atoms with van der Waals surface area (Å²) >= 11 is 5.95.